The Morgan fingerprint density at radius 3 is 2.87 bits per heavy atom. The molecule has 3 aromatic rings. The standard InChI is InChI=1S/C25H30N4O/c30-25(22-3-1-5-24-21(22)4-2-12-26-24)15-19-8-6-18(7-9-19)10-13-29-14-11-23-20(17-29)16-27-28-23/h1-5,12,16,18-19H,6-11,13-15,17H2,(H,27,28). The van der Waals surface area contributed by atoms with Gasteiger partial charge in [-0.25, -0.2) is 0 Å². The van der Waals surface area contributed by atoms with Crippen molar-refractivity contribution in [1.29, 1.82) is 0 Å². The third-order valence-corrected chi connectivity index (χ3v) is 7.12. The fourth-order valence-electron chi connectivity index (χ4n) is 5.28. The first-order valence-electron chi connectivity index (χ1n) is 11.4. The third kappa shape index (κ3) is 4.17. The number of hydrogen-bond donors (Lipinski definition) is 1. The number of carbonyl (C=O) groups is 1. The molecule has 1 N–H and O–H groups in total. The zero-order valence-corrected chi connectivity index (χ0v) is 17.5. The lowest BCUT2D eigenvalue weighted by Crippen LogP contribution is -2.32. The van der Waals surface area contributed by atoms with E-state index in [2.05, 4.69) is 20.1 Å². The van der Waals surface area contributed by atoms with E-state index in [4.69, 9.17) is 0 Å². The van der Waals surface area contributed by atoms with Gasteiger partial charge < -0.3 is 0 Å². The molecule has 0 amide bonds. The van der Waals surface area contributed by atoms with Crippen LogP contribution in [0.2, 0.25) is 0 Å². The largest absolute Gasteiger partial charge is 0.299 e. The number of pyridine rings is 1. The molecule has 30 heavy (non-hydrogen) atoms. The summed E-state index contributed by atoms with van der Waals surface area (Å²) in [7, 11) is 0. The van der Waals surface area contributed by atoms with Gasteiger partial charge in [-0.05, 0) is 49.8 Å². The molecule has 3 heterocycles. The molecule has 1 fully saturated rings. The minimum Gasteiger partial charge on any atom is -0.299 e. The van der Waals surface area contributed by atoms with E-state index < -0.39 is 0 Å². The van der Waals surface area contributed by atoms with E-state index in [-0.39, 0.29) is 5.78 Å². The Balaban J connectivity index is 1.10. The molecule has 1 saturated carbocycles. The van der Waals surface area contributed by atoms with Crippen LogP contribution in [0.3, 0.4) is 0 Å². The zero-order valence-electron chi connectivity index (χ0n) is 17.5. The van der Waals surface area contributed by atoms with Crippen LogP contribution in [-0.2, 0) is 13.0 Å². The molecule has 0 radical (unpaired) electrons. The van der Waals surface area contributed by atoms with Gasteiger partial charge in [0.2, 0.25) is 0 Å². The monoisotopic (exact) mass is 402 g/mol. The summed E-state index contributed by atoms with van der Waals surface area (Å²) in [5.74, 6) is 1.62. The van der Waals surface area contributed by atoms with Gasteiger partial charge in [0.1, 0.15) is 0 Å². The summed E-state index contributed by atoms with van der Waals surface area (Å²) in [5, 5.41) is 8.28. The predicted octanol–water partition coefficient (Wildman–Crippen LogP) is 4.79. The van der Waals surface area contributed by atoms with Crippen LogP contribution in [0.25, 0.3) is 10.9 Å². The van der Waals surface area contributed by atoms with Gasteiger partial charge >= 0.3 is 0 Å². The SMILES string of the molecule is O=C(CC1CCC(CCN2CCc3[nH]ncc3C2)CC1)c1cccc2ncccc12. The maximum atomic E-state index is 13.0. The summed E-state index contributed by atoms with van der Waals surface area (Å²) in [4.78, 5) is 19.9. The topological polar surface area (TPSA) is 61.9 Å². The summed E-state index contributed by atoms with van der Waals surface area (Å²) in [6.45, 7) is 3.36. The molecular formula is C25H30N4O. The molecule has 0 unspecified atom stereocenters. The van der Waals surface area contributed by atoms with Crippen LogP contribution in [0, 0.1) is 11.8 Å². The average Bonchev–Trinajstić information content (AvgIpc) is 3.26. The first-order chi connectivity index (χ1) is 14.8. The number of nitrogens with one attached hydrogen (secondary N) is 1. The van der Waals surface area contributed by atoms with Gasteiger partial charge in [-0.1, -0.05) is 31.0 Å². The molecule has 0 atom stereocenters. The number of aromatic nitrogens is 3. The van der Waals surface area contributed by atoms with E-state index in [0.717, 1.165) is 41.9 Å². The zero-order chi connectivity index (χ0) is 20.3. The lowest BCUT2D eigenvalue weighted by molar-refractivity contribution is 0.0941. The summed E-state index contributed by atoms with van der Waals surface area (Å²) < 4.78 is 0. The highest BCUT2D eigenvalue weighted by Crippen LogP contribution is 2.34. The van der Waals surface area contributed by atoms with Crippen molar-refractivity contribution in [2.24, 2.45) is 11.8 Å². The summed E-state index contributed by atoms with van der Waals surface area (Å²) in [6.07, 6.45) is 11.7. The van der Waals surface area contributed by atoms with Crippen LogP contribution < -0.4 is 0 Å². The van der Waals surface area contributed by atoms with Crippen LogP contribution in [0.5, 0.6) is 0 Å². The highest BCUT2D eigenvalue weighted by Gasteiger charge is 2.25. The lowest BCUT2D eigenvalue weighted by Gasteiger charge is -2.31. The van der Waals surface area contributed by atoms with Gasteiger partial charge in [-0.15, -0.1) is 0 Å². The number of rotatable bonds is 6. The molecule has 1 aliphatic carbocycles. The smallest absolute Gasteiger partial charge is 0.163 e. The molecule has 156 valence electrons. The third-order valence-electron chi connectivity index (χ3n) is 7.12. The minimum atomic E-state index is 0.279. The highest BCUT2D eigenvalue weighted by atomic mass is 16.1. The van der Waals surface area contributed by atoms with Crippen molar-refractivity contribution >= 4 is 16.7 Å². The van der Waals surface area contributed by atoms with Crippen molar-refractivity contribution in [1.82, 2.24) is 20.1 Å². The molecule has 5 rings (SSSR count). The second kappa shape index (κ2) is 8.68. The van der Waals surface area contributed by atoms with Crippen LogP contribution in [-0.4, -0.2) is 39.0 Å². The maximum absolute atomic E-state index is 13.0. The number of hydrogen-bond acceptors (Lipinski definition) is 4. The van der Waals surface area contributed by atoms with Gasteiger partial charge in [0.25, 0.3) is 0 Å². The first kappa shape index (κ1) is 19.4. The van der Waals surface area contributed by atoms with Crippen molar-refractivity contribution in [2.45, 2.75) is 51.5 Å². The minimum absolute atomic E-state index is 0.279. The number of aromatic amines is 1. The van der Waals surface area contributed by atoms with Gasteiger partial charge in [0, 0.05) is 54.3 Å². The molecule has 0 saturated heterocycles. The maximum Gasteiger partial charge on any atom is 0.163 e. The van der Waals surface area contributed by atoms with Crippen molar-refractivity contribution < 1.29 is 4.79 Å². The Morgan fingerprint density at radius 2 is 1.97 bits per heavy atom. The molecule has 1 aliphatic heterocycles. The van der Waals surface area contributed by atoms with E-state index >= 15 is 0 Å². The number of nitrogens with zero attached hydrogens (tertiary/aromatic N) is 3. The van der Waals surface area contributed by atoms with Gasteiger partial charge in [0.05, 0.1) is 11.7 Å². The second-order valence-corrected chi connectivity index (χ2v) is 9.08. The predicted molar refractivity (Wildman–Crippen MR) is 118 cm³/mol. The molecule has 2 aliphatic rings. The second-order valence-electron chi connectivity index (χ2n) is 9.08. The van der Waals surface area contributed by atoms with Crippen molar-refractivity contribution in [3.05, 3.63) is 59.5 Å². The number of H-pyrrole nitrogens is 1. The summed E-state index contributed by atoms with van der Waals surface area (Å²) in [6, 6.07) is 9.82. The number of ketones is 1. The number of benzene rings is 1. The van der Waals surface area contributed by atoms with Crippen molar-refractivity contribution in [3.8, 4) is 0 Å². The number of carbonyl (C=O) groups excluding carboxylic acids is 1. The Morgan fingerprint density at radius 1 is 1.10 bits per heavy atom. The molecule has 2 aromatic heterocycles. The fourth-order valence-corrected chi connectivity index (χ4v) is 5.28. The van der Waals surface area contributed by atoms with Crippen LogP contribution in [0.15, 0.2) is 42.7 Å². The number of Topliss-reactive ketones (excluding diaryl/α,β-unsaturated/α-hetero) is 1. The Bertz CT molecular complexity index is 1010. The molecular weight excluding hydrogens is 372 g/mol. The summed E-state index contributed by atoms with van der Waals surface area (Å²) >= 11 is 0. The van der Waals surface area contributed by atoms with Crippen LogP contribution in [0.4, 0.5) is 0 Å². The number of fused-ring (bicyclic) bond motifs is 2. The lowest BCUT2D eigenvalue weighted by atomic mass is 9.78. The molecule has 5 heteroatoms. The van der Waals surface area contributed by atoms with E-state index in [1.165, 1.54) is 49.9 Å². The van der Waals surface area contributed by atoms with Gasteiger partial charge in [-0.2, -0.15) is 5.10 Å². The van der Waals surface area contributed by atoms with Gasteiger partial charge in [0.15, 0.2) is 5.78 Å². The Labute approximate surface area is 177 Å². The normalized spacial score (nSPS) is 22.1. The fraction of sp³-hybridized carbons (Fsp3) is 0.480. The highest BCUT2D eigenvalue weighted by molar-refractivity contribution is 6.07. The molecule has 0 bridgehead atoms. The van der Waals surface area contributed by atoms with E-state index in [0.29, 0.717) is 12.3 Å². The Kier molecular flexibility index (Phi) is 5.63. The van der Waals surface area contributed by atoms with E-state index in [9.17, 15) is 4.79 Å². The first-order valence-corrected chi connectivity index (χ1v) is 11.4. The quantitative estimate of drug-likeness (QED) is 0.603. The van der Waals surface area contributed by atoms with E-state index in [1.54, 1.807) is 6.20 Å². The molecule has 5 nitrogen and oxygen atoms in total. The molecule has 0 spiro atoms. The van der Waals surface area contributed by atoms with Crippen molar-refractivity contribution in [2.75, 3.05) is 13.1 Å². The summed E-state index contributed by atoms with van der Waals surface area (Å²) in [5.41, 5.74) is 4.43. The van der Waals surface area contributed by atoms with Crippen LogP contribution in [0.1, 0.15) is 60.1 Å². The Hall–Kier alpha value is -2.53. The average molecular weight is 403 g/mol. The van der Waals surface area contributed by atoms with Gasteiger partial charge in [-0.3, -0.25) is 19.8 Å². The van der Waals surface area contributed by atoms with E-state index in [1.807, 2.05) is 36.5 Å². The molecule has 1 aromatic carbocycles. The van der Waals surface area contributed by atoms with Crippen molar-refractivity contribution in [3.63, 3.8) is 0 Å². The van der Waals surface area contributed by atoms with Crippen LogP contribution >= 0.6 is 0 Å².